The van der Waals surface area contributed by atoms with Crippen LogP contribution in [-0.4, -0.2) is 37.0 Å². The molecular formula is C18H19ClN2O. The van der Waals surface area contributed by atoms with Gasteiger partial charge in [0.15, 0.2) is 0 Å². The predicted molar refractivity (Wildman–Crippen MR) is 90.7 cm³/mol. The summed E-state index contributed by atoms with van der Waals surface area (Å²) in [5.74, 6) is 0.114. The molecule has 3 nitrogen and oxygen atoms in total. The van der Waals surface area contributed by atoms with E-state index in [2.05, 4.69) is 11.0 Å². The molecule has 2 aromatic rings. The molecule has 0 spiro atoms. The van der Waals surface area contributed by atoms with Crippen molar-refractivity contribution < 1.29 is 4.79 Å². The highest BCUT2D eigenvalue weighted by molar-refractivity contribution is 6.31. The van der Waals surface area contributed by atoms with Crippen molar-refractivity contribution in [2.45, 2.75) is 6.92 Å². The first-order valence-corrected chi connectivity index (χ1v) is 7.89. The molecule has 0 bridgehead atoms. The van der Waals surface area contributed by atoms with Crippen LogP contribution < -0.4 is 4.90 Å². The molecular weight excluding hydrogens is 296 g/mol. The van der Waals surface area contributed by atoms with Crippen molar-refractivity contribution in [2.24, 2.45) is 0 Å². The van der Waals surface area contributed by atoms with Crippen molar-refractivity contribution in [2.75, 3.05) is 31.1 Å². The highest BCUT2D eigenvalue weighted by atomic mass is 35.5. The Balaban J connectivity index is 1.68. The fourth-order valence-corrected chi connectivity index (χ4v) is 3.02. The van der Waals surface area contributed by atoms with Gasteiger partial charge in [0.2, 0.25) is 0 Å². The maximum atomic E-state index is 12.5. The second-order valence-electron chi connectivity index (χ2n) is 5.53. The normalized spacial score (nSPS) is 15.0. The largest absolute Gasteiger partial charge is 0.368 e. The van der Waals surface area contributed by atoms with Gasteiger partial charge in [-0.3, -0.25) is 4.79 Å². The molecule has 4 heteroatoms. The Hall–Kier alpha value is -2.00. The molecule has 3 rings (SSSR count). The third-order valence-corrected chi connectivity index (χ3v) is 4.58. The zero-order chi connectivity index (χ0) is 15.5. The van der Waals surface area contributed by atoms with Gasteiger partial charge in [0.05, 0.1) is 0 Å². The number of hydrogen-bond acceptors (Lipinski definition) is 2. The Morgan fingerprint density at radius 3 is 2.32 bits per heavy atom. The molecule has 22 heavy (non-hydrogen) atoms. The molecule has 1 heterocycles. The lowest BCUT2D eigenvalue weighted by molar-refractivity contribution is 0.0747. The quantitative estimate of drug-likeness (QED) is 0.845. The van der Waals surface area contributed by atoms with Gasteiger partial charge in [0.25, 0.3) is 5.91 Å². The van der Waals surface area contributed by atoms with Gasteiger partial charge in [-0.25, -0.2) is 0 Å². The van der Waals surface area contributed by atoms with Gasteiger partial charge in [0, 0.05) is 42.5 Å². The van der Waals surface area contributed by atoms with E-state index in [1.165, 1.54) is 5.69 Å². The number of amides is 1. The molecule has 0 atom stereocenters. The summed E-state index contributed by atoms with van der Waals surface area (Å²) in [5.41, 5.74) is 3.03. The van der Waals surface area contributed by atoms with E-state index in [-0.39, 0.29) is 5.91 Å². The lowest BCUT2D eigenvalue weighted by Crippen LogP contribution is -2.49. The summed E-state index contributed by atoms with van der Waals surface area (Å²) in [5, 5.41) is 0.792. The Morgan fingerprint density at radius 2 is 1.64 bits per heavy atom. The number of benzene rings is 2. The van der Waals surface area contributed by atoms with Crippen LogP contribution in [0.5, 0.6) is 0 Å². The number of rotatable bonds is 2. The molecule has 0 saturated carbocycles. The topological polar surface area (TPSA) is 23.6 Å². The predicted octanol–water partition coefficient (Wildman–Crippen LogP) is 3.61. The second-order valence-corrected chi connectivity index (χ2v) is 5.94. The van der Waals surface area contributed by atoms with Crippen molar-refractivity contribution in [1.82, 2.24) is 4.90 Å². The van der Waals surface area contributed by atoms with Gasteiger partial charge in [-0.15, -0.1) is 0 Å². The van der Waals surface area contributed by atoms with Gasteiger partial charge < -0.3 is 9.80 Å². The lowest BCUT2D eigenvalue weighted by atomic mass is 10.1. The third kappa shape index (κ3) is 2.95. The molecule has 1 amide bonds. The van der Waals surface area contributed by atoms with E-state index >= 15 is 0 Å². The van der Waals surface area contributed by atoms with Crippen LogP contribution >= 0.6 is 11.6 Å². The van der Waals surface area contributed by atoms with E-state index < -0.39 is 0 Å². The molecule has 114 valence electrons. The van der Waals surface area contributed by atoms with E-state index in [0.717, 1.165) is 42.3 Å². The highest BCUT2D eigenvalue weighted by Crippen LogP contribution is 2.27. The smallest absolute Gasteiger partial charge is 0.253 e. The highest BCUT2D eigenvalue weighted by Gasteiger charge is 2.23. The number of anilines is 1. The summed E-state index contributed by atoms with van der Waals surface area (Å²) in [4.78, 5) is 16.7. The number of nitrogens with zero attached hydrogens (tertiary/aromatic N) is 2. The first-order valence-electron chi connectivity index (χ1n) is 7.51. The summed E-state index contributed by atoms with van der Waals surface area (Å²) in [6.45, 7) is 5.18. The van der Waals surface area contributed by atoms with Gasteiger partial charge >= 0.3 is 0 Å². The number of hydrogen-bond donors (Lipinski definition) is 0. The van der Waals surface area contributed by atoms with Crippen LogP contribution in [0.1, 0.15) is 15.9 Å². The molecule has 1 fully saturated rings. The minimum Gasteiger partial charge on any atom is -0.368 e. The van der Waals surface area contributed by atoms with E-state index in [1.54, 1.807) is 0 Å². The van der Waals surface area contributed by atoms with E-state index in [0.29, 0.717) is 0 Å². The van der Waals surface area contributed by atoms with E-state index in [1.807, 2.05) is 54.3 Å². The zero-order valence-corrected chi connectivity index (χ0v) is 13.4. The third-order valence-electron chi connectivity index (χ3n) is 4.17. The number of carbonyl (C=O) groups is 1. The minimum absolute atomic E-state index is 0.114. The number of piperazine rings is 1. The monoisotopic (exact) mass is 314 g/mol. The van der Waals surface area contributed by atoms with Crippen molar-refractivity contribution in [3.8, 4) is 0 Å². The Morgan fingerprint density at radius 1 is 0.955 bits per heavy atom. The molecule has 0 N–H and O–H groups in total. The summed E-state index contributed by atoms with van der Waals surface area (Å²) < 4.78 is 0. The molecule has 1 aliphatic heterocycles. The van der Waals surface area contributed by atoms with Crippen LogP contribution in [0, 0.1) is 6.92 Å². The van der Waals surface area contributed by atoms with Crippen molar-refractivity contribution in [1.29, 1.82) is 0 Å². The second kappa shape index (κ2) is 6.41. The standard InChI is InChI=1S/C18H19ClN2O/c1-14-16(19)8-5-9-17(14)20-10-12-21(13-11-20)18(22)15-6-3-2-4-7-15/h2-9H,10-13H2,1H3. The summed E-state index contributed by atoms with van der Waals surface area (Å²) in [6.07, 6.45) is 0. The zero-order valence-electron chi connectivity index (χ0n) is 12.6. The lowest BCUT2D eigenvalue weighted by Gasteiger charge is -2.37. The van der Waals surface area contributed by atoms with Crippen molar-refractivity contribution in [3.63, 3.8) is 0 Å². The number of halogens is 1. The SMILES string of the molecule is Cc1c(Cl)cccc1N1CCN(C(=O)c2ccccc2)CC1. The molecule has 1 aliphatic rings. The minimum atomic E-state index is 0.114. The summed E-state index contributed by atoms with van der Waals surface area (Å²) >= 11 is 6.20. The van der Waals surface area contributed by atoms with E-state index in [4.69, 9.17) is 11.6 Å². The Kier molecular flexibility index (Phi) is 4.34. The number of carbonyl (C=O) groups excluding carboxylic acids is 1. The summed E-state index contributed by atoms with van der Waals surface area (Å²) in [7, 11) is 0. The van der Waals surface area contributed by atoms with Gasteiger partial charge in [0.1, 0.15) is 0 Å². The maximum absolute atomic E-state index is 12.5. The molecule has 0 unspecified atom stereocenters. The summed E-state index contributed by atoms with van der Waals surface area (Å²) in [6, 6.07) is 15.5. The fraction of sp³-hybridized carbons (Fsp3) is 0.278. The fourth-order valence-electron chi connectivity index (χ4n) is 2.85. The molecule has 0 aromatic heterocycles. The Labute approximate surface area is 136 Å². The van der Waals surface area contributed by atoms with Crippen LogP contribution in [0.15, 0.2) is 48.5 Å². The van der Waals surface area contributed by atoms with Crippen LogP contribution in [0.4, 0.5) is 5.69 Å². The first-order chi connectivity index (χ1) is 10.7. The molecule has 0 aliphatic carbocycles. The molecule has 0 radical (unpaired) electrons. The van der Waals surface area contributed by atoms with Crippen LogP contribution in [0.2, 0.25) is 5.02 Å². The average Bonchev–Trinajstić information content (AvgIpc) is 2.58. The van der Waals surface area contributed by atoms with Crippen molar-refractivity contribution in [3.05, 3.63) is 64.7 Å². The van der Waals surface area contributed by atoms with Crippen LogP contribution in [0.25, 0.3) is 0 Å². The van der Waals surface area contributed by atoms with Crippen LogP contribution in [-0.2, 0) is 0 Å². The van der Waals surface area contributed by atoms with Crippen molar-refractivity contribution >= 4 is 23.2 Å². The maximum Gasteiger partial charge on any atom is 0.253 e. The molecule has 1 saturated heterocycles. The Bertz CT molecular complexity index is 664. The van der Waals surface area contributed by atoms with Gasteiger partial charge in [-0.05, 0) is 36.8 Å². The average molecular weight is 315 g/mol. The van der Waals surface area contributed by atoms with Gasteiger partial charge in [-0.2, -0.15) is 0 Å². The molecule has 2 aromatic carbocycles. The van der Waals surface area contributed by atoms with Crippen LogP contribution in [0.3, 0.4) is 0 Å². The van der Waals surface area contributed by atoms with E-state index in [9.17, 15) is 4.79 Å². The first kappa shape index (κ1) is 14.9. The van der Waals surface area contributed by atoms with Gasteiger partial charge in [-0.1, -0.05) is 35.9 Å².